The molecule has 0 spiro atoms. The van der Waals surface area contributed by atoms with Gasteiger partial charge >= 0.3 is 18.3 Å². The molecule has 0 rings (SSSR count). The lowest BCUT2D eigenvalue weighted by atomic mass is 10.3. The van der Waals surface area contributed by atoms with Crippen molar-refractivity contribution in [1.29, 1.82) is 0 Å². The third kappa shape index (κ3) is 4.36. The summed E-state index contributed by atoms with van der Waals surface area (Å²) in [4.78, 5) is 10.0. The Bertz CT molecular complexity index is 218. The first kappa shape index (κ1) is 14.0. The molecule has 0 aromatic heterocycles. The minimum Gasteiger partial charge on any atom is -0.479 e. The van der Waals surface area contributed by atoms with Crippen LogP contribution in [0.2, 0.25) is 0 Å². The van der Waals surface area contributed by atoms with Crippen LogP contribution in [0, 0.1) is 0 Å². The van der Waals surface area contributed by atoms with Gasteiger partial charge < -0.3 is 9.84 Å². The first-order valence-corrected chi connectivity index (χ1v) is 3.48. The predicted octanol–water partition coefficient (Wildman–Crippen LogP) is 1.97. The van der Waals surface area contributed by atoms with Crippen molar-refractivity contribution >= 4 is 5.97 Å². The second-order valence-corrected chi connectivity index (χ2v) is 2.58. The smallest absolute Gasteiger partial charge is 0.423 e. The number of carboxylic acids is 1. The maximum atomic E-state index is 11.8. The molecule has 1 atom stereocenters. The number of ether oxygens (including phenoxy) is 1. The minimum absolute atomic E-state index is 0.576. The van der Waals surface area contributed by atoms with E-state index in [1.54, 1.807) is 0 Å². The molecule has 0 radical (unpaired) electrons. The summed E-state index contributed by atoms with van der Waals surface area (Å²) < 4.78 is 74.2. The van der Waals surface area contributed by atoms with Crippen molar-refractivity contribution in [3.8, 4) is 0 Å². The summed E-state index contributed by atoms with van der Waals surface area (Å²) in [5.41, 5.74) is 0. The fourth-order valence-electron chi connectivity index (χ4n) is 0.602. The first-order chi connectivity index (χ1) is 6.46. The first-order valence-electron chi connectivity index (χ1n) is 3.48. The van der Waals surface area contributed by atoms with E-state index in [0.717, 1.165) is 0 Å². The number of hydrogen-bond acceptors (Lipinski definition) is 2. The van der Waals surface area contributed by atoms with Crippen LogP contribution in [0.3, 0.4) is 0 Å². The Labute approximate surface area is 79.6 Å². The van der Waals surface area contributed by atoms with E-state index < -0.39 is 30.5 Å². The van der Waals surface area contributed by atoms with E-state index in [1.807, 2.05) is 0 Å². The Morgan fingerprint density at radius 1 is 1.13 bits per heavy atom. The number of aliphatic carboxylic acids is 1. The van der Waals surface area contributed by atoms with Crippen molar-refractivity contribution in [2.45, 2.75) is 31.5 Å². The van der Waals surface area contributed by atoms with Crippen LogP contribution in [-0.2, 0) is 9.53 Å². The Hall–Kier alpha value is -0.990. The Balaban J connectivity index is 4.77. The molecule has 0 saturated heterocycles. The van der Waals surface area contributed by atoms with Gasteiger partial charge in [0.15, 0.2) is 6.10 Å². The summed E-state index contributed by atoms with van der Waals surface area (Å²) in [5, 5.41) is 8.10. The molecule has 9 heteroatoms. The zero-order valence-electron chi connectivity index (χ0n) is 7.19. The zero-order chi connectivity index (χ0) is 12.4. The van der Waals surface area contributed by atoms with Gasteiger partial charge in [0.05, 0.1) is 0 Å². The van der Waals surface area contributed by atoms with E-state index in [0.29, 0.717) is 6.92 Å². The van der Waals surface area contributed by atoms with Crippen LogP contribution in [0.5, 0.6) is 0 Å². The molecule has 0 unspecified atom stereocenters. The molecule has 0 fully saturated rings. The minimum atomic E-state index is -5.69. The lowest BCUT2D eigenvalue weighted by molar-refractivity contribution is -0.328. The van der Waals surface area contributed by atoms with E-state index in [2.05, 4.69) is 4.74 Å². The molecular formula is C6H6F6O3. The van der Waals surface area contributed by atoms with E-state index in [4.69, 9.17) is 5.11 Å². The molecular weight excluding hydrogens is 234 g/mol. The van der Waals surface area contributed by atoms with Crippen molar-refractivity contribution in [3.63, 3.8) is 0 Å². The molecule has 0 saturated carbocycles. The van der Waals surface area contributed by atoms with Crippen molar-refractivity contribution in [2.24, 2.45) is 0 Å². The molecule has 0 amide bonds. The number of carbonyl (C=O) groups is 1. The highest BCUT2D eigenvalue weighted by Gasteiger charge is 2.58. The highest BCUT2D eigenvalue weighted by Crippen LogP contribution is 2.36. The molecule has 0 bridgehead atoms. The van der Waals surface area contributed by atoms with Gasteiger partial charge in [-0.15, -0.1) is 0 Å². The van der Waals surface area contributed by atoms with Crippen molar-refractivity contribution < 1.29 is 41.0 Å². The third-order valence-electron chi connectivity index (χ3n) is 1.28. The molecule has 90 valence electrons. The van der Waals surface area contributed by atoms with Crippen molar-refractivity contribution in [1.82, 2.24) is 0 Å². The maximum Gasteiger partial charge on any atom is 0.423 e. The summed E-state index contributed by atoms with van der Waals surface area (Å²) in [6.07, 6.45) is -17.7. The summed E-state index contributed by atoms with van der Waals surface area (Å²) in [6.45, 7) is 0.576. The van der Waals surface area contributed by atoms with Crippen molar-refractivity contribution in [3.05, 3.63) is 0 Å². The van der Waals surface area contributed by atoms with Gasteiger partial charge in [0.2, 0.25) is 6.10 Å². The molecule has 0 aliphatic carbocycles. The quantitative estimate of drug-likeness (QED) is 0.767. The van der Waals surface area contributed by atoms with Gasteiger partial charge in [0, 0.05) is 0 Å². The Morgan fingerprint density at radius 3 is 1.67 bits per heavy atom. The van der Waals surface area contributed by atoms with E-state index >= 15 is 0 Å². The van der Waals surface area contributed by atoms with E-state index in [-0.39, 0.29) is 0 Å². The monoisotopic (exact) mass is 240 g/mol. The number of rotatable bonds is 3. The maximum absolute atomic E-state index is 11.8. The van der Waals surface area contributed by atoms with Gasteiger partial charge in [-0.25, -0.2) is 4.79 Å². The second-order valence-electron chi connectivity index (χ2n) is 2.58. The number of halogens is 6. The second kappa shape index (κ2) is 4.25. The normalized spacial score (nSPS) is 15.5. The van der Waals surface area contributed by atoms with Crippen LogP contribution in [0.4, 0.5) is 26.3 Å². The van der Waals surface area contributed by atoms with E-state index in [1.165, 1.54) is 0 Å². The average Bonchev–Trinajstić information content (AvgIpc) is 1.94. The van der Waals surface area contributed by atoms with Crippen molar-refractivity contribution in [2.75, 3.05) is 0 Å². The summed E-state index contributed by atoms with van der Waals surface area (Å²) >= 11 is 0. The van der Waals surface area contributed by atoms with Crippen LogP contribution in [0.15, 0.2) is 0 Å². The number of carboxylic acid groups (broad SMARTS) is 1. The standard InChI is InChI=1S/C6H6F6O3/c1-2(3(13)14)15-4(5(7,8)9)6(10,11)12/h2,4H,1H3,(H,13,14)/t2-/m1/s1. The average molecular weight is 240 g/mol. The molecule has 0 aromatic carbocycles. The SMILES string of the molecule is C[C@@H](OC(C(F)(F)F)C(F)(F)F)C(=O)O. The highest BCUT2D eigenvalue weighted by atomic mass is 19.4. The van der Waals surface area contributed by atoms with Gasteiger partial charge in [-0.05, 0) is 6.92 Å². The molecule has 1 N–H and O–H groups in total. The molecule has 0 aromatic rings. The third-order valence-corrected chi connectivity index (χ3v) is 1.28. The fourth-order valence-corrected chi connectivity index (χ4v) is 0.602. The topological polar surface area (TPSA) is 46.5 Å². The lowest BCUT2D eigenvalue weighted by Crippen LogP contribution is -2.47. The lowest BCUT2D eigenvalue weighted by Gasteiger charge is -2.24. The van der Waals surface area contributed by atoms with Gasteiger partial charge in [-0.3, -0.25) is 0 Å². The summed E-state index contributed by atoms with van der Waals surface area (Å²) in [5.74, 6) is -1.91. The van der Waals surface area contributed by atoms with Crippen LogP contribution < -0.4 is 0 Å². The van der Waals surface area contributed by atoms with E-state index in [9.17, 15) is 31.1 Å². The van der Waals surface area contributed by atoms with Crippen LogP contribution in [-0.4, -0.2) is 35.6 Å². The van der Waals surface area contributed by atoms with Gasteiger partial charge in [-0.2, -0.15) is 26.3 Å². The zero-order valence-corrected chi connectivity index (χ0v) is 7.19. The molecule has 0 aliphatic rings. The number of hydrogen-bond donors (Lipinski definition) is 1. The van der Waals surface area contributed by atoms with Crippen LogP contribution in [0.25, 0.3) is 0 Å². The van der Waals surface area contributed by atoms with Gasteiger partial charge in [-0.1, -0.05) is 0 Å². The fraction of sp³-hybridized carbons (Fsp3) is 0.833. The Kier molecular flexibility index (Phi) is 3.97. The molecule has 0 aliphatic heterocycles. The largest absolute Gasteiger partial charge is 0.479 e. The van der Waals surface area contributed by atoms with Gasteiger partial charge in [0.25, 0.3) is 0 Å². The molecule has 15 heavy (non-hydrogen) atoms. The van der Waals surface area contributed by atoms with Crippen LogP contribution >= 0.6 is 0 Å². The predicted molar refractivity (Wildman–Crippen MR) is 34.1 cm³/mol. The molecule has 0 heterocycles. The van der Waals surface area contributed by atoms with Crippen LogP contribution in [0.1, 0.15) is 6.92 Å². The van der Waals surface area contributed by atoms with Gasteiger partial charge in [0.1, 0.15) is 0 Å². The molecule has 3 nitrogen and oxygen atoms in total. The number of alkyl halides is 6. The Morgan fingerprint density at radius 2 is 1.47 bits per heavy atom. The summed E-state index contributed by atoms with van der Waals surface area (Å²) in [7, 11) is 0. The summed E-state index contributed by atoms with van der Waals surface area (Å²) in [6, 6.07) is 0. The highest BCUT2D eigenvalue weighted by molar-refractivity contribution is 5.71.